The summed E-state index contributed by atoms with van der Waals surface area (Å²) < 4.78 is 46.7. The van der Waals surface area contributed by atoms with Crippen molar-refractivity contribution in [2.45, 2.75) is 38.9 Å². The Labute approximate surface area is 194 Å². The Hall–Kier alpha value is -3.02. The van der Waals surface area contributed by atoms with E-state index in [-0.39, 0.29) is 17.3 Å². The van der Waals surface area contributed by atoms with Crippen molar-refractivity contribution in [3.8, 4) is 0 Å². The summed E-state index contributed by atoms with van der Waals surface area (Å²) in [6.07, 6.45) is -0.774. The topological polar surface area (TPSA) is 85.1 Å². The number of alkyl halides is 3. The van der Waals surface area contributed by atoms with Crippen LogP contribution in [0.4, 0.5) is 24.9 Å². The summed E-state index contributed by atoms with van der Waals surface area (Å²) in [5.74, 6) is 1.18. The molecule has 3 aliphatic heterocycles. The van der Waals surface area contributed by atoms with Gasteiger partial charge < -0.3 is 14.5 Å². The Bertz CT molecular complexity index is 1240. The van der Waals surface area contributed by atoms with E-state index in [1.165, 1.54) is 6.92 Å². The van der Waals surface area contributed by atoms with Gasteiger partial charge in [-0.15, -0.1) is 0 Å². The monoisotopic (exact) mass is 474 g/mol. The second-order valence-corrected chi connectivity index (χ2v) is 9.63. The third kappa shape index (κ3) is 3.55. The Morgan fingerprint density at radius 1 is 1.03 bits per heavy atom. The van der Waals surface area contributed by atoms with Crippen molar-refractivity contribution >= 4 is 22.8 Å². The number of nitrogens with zero attached hydrogens (tertiary/aromatic N) is 8. The van der Waals surface area contributed by atoms with E-state index in [0.717, 1.165) is 48.7 Å². The molecule has 34 heavy (non-hydrogen) atoms. The maximum Gasteiger partial charge on any atom is 0.433 e. The number of anilines is 2. The van der Waals surface area contributed by atoms with Gasteiger partial charge in [0.25, 0.3) is 0 Å². The van der Waals surface area contributed by atoms with Crippen LogP contribution in [-0.4, -0.2) is 69.1 Å². The number of aryl methyl sites for hydroxylation is 2. The van der Waals surface area contributed by atoms with Crippen LogP contribution in [0.15, 0.2) is 12.3 Å². The van der Waals surface area contributed by atoms with Crippen LogP contribution >= 0.6 is 0 Å². The van der Waals surface area contributed by atoms with Gasteiger partial charge in [-0.05, 0) is 26.7 Å². The highest BCUT2D eigenvalue weighted by Gasteiger charge is 2.46. The summed E-state index contributed by atoms with van der Waals surface area (Å²) in [7, 11) is 0. The average molecular weight is 474 g/mol. The Morgan fingerprint density at radius 2 is 1.76 bits per heavy atom. The molecule has 0 aliphatic carbocycles. The molecule has 180 valence electrons. The van der Waals surface area contributed by atoms with E-state index in [1.807, 2.05) is 22.7 Å². The van der Waals surface area contributed by atoms with Crippen molar-refractivity contribution in [3.63, 3.8) is 0 Å². The number of fused-ring (bicyclic) bond motifs is 1. The minimum Gasteiger partial charge on any atom is -0.377 e. The van der Waals surface area contributed by atoms with Crippen molar-refractivity contribution < 1.29 is 17.9 Å². The summed E-state index contributed by atoms with van der Waals surface area (Å²) >= 11 is 0. The van der Waals surface area contributed by atoms with Gasteiger partial charge in [-0.25, -0.2) is 19.6 Å². The molecule has 3 fully saturated rings. The fraction of sp³-hybridized carbons (Fsp3) is 0.591. The van der Waals surface area contributed by atoms with Gasteiger partial charge in [0.2, 0.25) is 5.95 Å². The lowest BCUT2D eigenvalue weighted by atomic mass is 9.72. The zero-order valence-corrected chi connectivity index (χ0v) is 19.0. The molecule has 0 unspecified atom stereocenters. The van der Waals surface area contributed by atoms with Crippen LogP contribution in [-0.2, 0) is 10.9 Å². The number of hydrogen-bond donors (Lipinski definition) is 0. The fourth-order valence-electron chi connectivity index (χ4n) is 5.11. The number of piperidine rings is 1. The zero-order chi connectivity index (χ0) is 23.7. The fourth-order valence-corrected chi connectivity index (χ4v) is 5.11. The molecule has 1 spiro atoms. The van der Waals surface area contributed by atoms with E-state index >= 15 is 0 Å². The standard InChI is InChI=1S/C22H25F3N8O/c1-13-16-8-26-20(29-19(16)33(30-13)15-9-34-10-15)31-5-3-21(4-6-31)11-32(12-21)18-7-17(22(23,24)25)27-14(2)28-18/h7-8,15H,3-6,9-12H2,1-2H3. The molecule has 6 rings (SSSR count). The van der Waals surface area contributed by atoms with Gasteiger partial charge >= 0.3 is 6.18 Å². The second kappa shape index (κ2) is 7.49. The normalized spacial score (nSPS) is 20.6. The van der Waals surface area contributed by atoms with Gasteiger partial charge in [-0.3, -0.25) is 0 Å². The molecule has 0 saturated carbocycles. The van der Waals surface area contributed by atoms with Crippen molar-refractivity contribution in [1.29, 1.82) is 0 Å². The molecule has 6 heterocycles. The maximum absolute atomic E-state index is 13.1. The molecule has 0 aromatic carbocycles. The van der Waals surface area contributed by atoms with Crippen molar-refractivity contribution in [2.24, 2.45) is 5.41 Å². The third-order valence-electron chi connectivity index (χ3n) is 7.19. The lowest BCUT2D eigenvalue weighted by Gasteiger charge is -2.54. The Balaban J connectivity index is 1.14. The van der Waals surface area contributed by atoms with Crippen LogP contribution in [0, 0.1) is 19.3 Å². The lowest BCUT2D eigenvalue weighted by Crippen LogP contribution is -2.61. The van der Waals surface area contributed by atoms with Gasteiger partial charge in [0.1, 0.15) is 23.4 Å². The first-order valence-electron chi connectivity index (χ1n) is 11.4. The highest BCUT2D eigenvalue weighted by molar-refractivity contribution is 5.78. The van der Waals surface area contributed by atoms with E-state index in [1.54, 1.807) is 0 Å². The number of rotatable bonds is 3. The number of aromatic nitrogens is 6. The Kier molecular flexibility index (Phi) is 4.74. The number of hydrogen-bond acceptors (Lipinski definition) is 8. The zero-order valence-electron chi connectivity index (χ0n) is 19.0. The van der Waals surface area contributed by atoms with Crippen LogP contribution < -0.4 is 9.80 Å². The predicted molar refractivity (Wildman–Crippen MR) is 118 cm³/mol. The molecular weight excluding hydrogens is 449 g/mol. The molecule has 12 heteroatoms. The van der Waals surface area contributed by atoms with Gasteiger partial charge in [-0.1, -0.05) is 0 Å². The SMILES string of the molecule is Cc1nc(N2CC3(CCN(c4ncc5c(C)nn(C6COC6)c5n4)CC3)C2)cc(C(F)(F)F)n1. The molecule has 3 aliphatic rings. The summed E-state index contributed by atoms with van der Waals surface area (Å²) in [4.78, 5) is 21.3. The van der Waals surface area contributed by atoms with Gasteiger partial charge in [0.05, 0.1) is 24.3 Å². The van der Waals surface area contributed by atoms with Crippen LogP contribution in [0.5, 0.6) is 0 Å². The minimum atomic E-state index is -4.48. The molecule has 0 radical (unpaired) electrons. The molecule has 0 amide bonds. The Morgan fingerprint density at radius 3 is 2.41 bits per heavy atom. The van der Waals surface area contributed by atoms with E-state index in [0.29, 0.717) is 38.1 Å². The van der Waals surface area contributed by atoms with E-state index in [4.69, 9.17) is 9.72 Å². The molecule has 3 saturated heterocycles. The minimum absolute atomic E-state index is 0.0828. The van der Waals surface area contributed by atoms with E-state index < -0.39 is 11.9 Å². The number of halogens is 3. The van der Waals surface area contributed by atoms with Crippen molar-refractivity contribution in [1.82, 2.24) is 29.7 Å². The molecular formula is C22H25F3N8O. The lowest BCUT2D eigenvalue weighted by molar-refractivity contribution is -0.141. The maximum atomic E-state index is 13.1. The van der Waals surface area contributed by atoms with Crippen molar-refractivity contribution in [2.75, 3.05) is 49.2 Å². The molecule has 0 bridgehead atoms. The van der Waals surface area contributed by atoms with Gasteiger partial charge in [0, 0.05) is 43.9 Å². The number of ether oxygens (including phenoxy) is 1. The first-order chi connectivity index (χ1) is 16.2. The summed E-state index contributed by atoms with van der Waals surface area (Å²) in [6.45, 7) is 7.75. The first-order valence-corrected chi connectivity index (χ1v) is 11.4. The molecule has 3 aromatic heterocycles. The van der Waals surface area contributed by atoms with Crippen LogP contribution in [0.25, 0.3) is 11.0 Å². The molecule has 0 N–H and O–H groups in total. The highest BCUT2D eigenvalue weighted by atomic mass is 19.4. The van der Waals surface area contributed by atoms with Gasteiger partial charge in [-0.2, -0.15) is 23.3 Å². The largest absolute Gasteiger partial charge is 0.433 e. The molecule has 3 aromatic rings. The van der Waals surface area contributed by atoms with Crippen molar-refractivity contribution in [3.05, 3.63) is 29.5 Å². The quantitative estimate of drug-likeness (QED) is 0.573. The summed E-state index contributed by atoms with van der Waals surface area (Å²) in [5, 5.41) is 5.59. The van der Waals surface area contributed by atoms with Crippen LogP contribution in [0.3, 0.4) is 0 Å². The van der Waals surface area contributed by atoms with E-state index in [9.17, 15) is 13.2 Å². The summed E-state index contributed by atoms with van der Waals surface area (Å²) in [6, 6.07) is 1.27. The van der Waals surface area contributed by atoms with E-state index in [2.05, 4.69) is 25.0 Å². The average Bonchev–Trinajstić information content (AvgIpc) is 3.05. The second-order valence-electron chi connectivity index (χ2n) is 9.63. The summed E-state index contributed by atoms with van der Waals surface area (Å²) in [5.41, 5.74) is 0.945. The predicted octanol–water partition coefficient (Wildman–Crippen LogP) is 2.93. The van der Waals surface area contributed by atoms with Crippen LogP contribution in [0.1, 0.15) is 36.1 Å². The molecule has 9 nitrogen and oxygen atoms in total. The smallest absolute Gasteiger partial charge is 0.377 e. The molecule has 0 atom stereocenters. The highest BCUT2D eigenvalue weighted by Crippen LogP contribution is 2.43. The van der Waals surface area contributed by atoms with Gasteiger partial charge in [0.15, 0.2) is 5.65 Å². The third-order valence-corrected chi connectivity index (χ3v) is 7.19. The van der Waals surface area contributed by atoms with Crippen LogP contribution in [0.2, 0.25) is 0 Å². The first kappa shape index (κ1) is 21.5.